The van der Waals surface area contributed by atoms with E-state index in [1.165, 1.54) is 0 Å². The van der Waals surface area contributed by atoms with Gasteiger partial charge in [-0.3, -0.25) is 0 Å². The van der Waals surface area contributed by atoms with Gasteiger partial charge in [-0.15, -0.1) is 11.3 Å². The number of halogens is 1. The predicted molar refractivity (Wildman–Crippen MR) is 121 cm³/mol. The van der Waals surface area contributed by atoms with Gasteiger partial charge in [-0.05, 0) is 47.0 Å². The predicted octanol–water partition coefficient (Wildman–Crippen LogP) is 3.05. The molecule has 0 spiro atoms. The number of hydrogen-bond donors (Lipinski definition) is 4. The molecule has 0 bridgehead atoms. The van der Waals surface area contributed by atoms with Gasteiger partial charge in [0.05, 0.1) is 18.2 Å². The van der Waals surface area contributed by atoms with Gasteiger partial charge in [-0.2, -0.15) is 5.26 Å². The van der Waals surface area contributed by atoms with Crippen molar-refractivity contribution < 1.29 is 25.2 Å². The Morgan fingerprint density at radius 1 is 0.969 bits per heavy atom. The molecular weight excluding hydrogens is 450 g/mol. The van der Waals surface area contributed by atoms with Crippen LogP contribution in [0.3, 0.4) is 0 Å². The normalized spacial score (nSPS) is 25.4. The highest BCUT2D eigenvalue weighted by atomic mass is 35.5. The van der Waals surface area contributed by atoms with Gasteiger partial charge in [-0.1, -0.05) is 35.9 Å². The summed E-state index contributed by atoms with van der Waals surface area (Å²) < 4.78 is 5.67. The minimum atomic E-state index is -1.43. The van der Waals surface area contributed by atoms with E-state index in [1.807, 2.05) is 30.3 Å². The van der Waals surface area contributed by atoms with E-state index in [0.717, 1.165) is 20.9 Å². The Kier molecular flexibility index (Phi) is 6.93. The molecule has 1 aromatic heterocycles. The van der Waals surface area contributed by atoms with E-state index < -0.39 is 37.1 Å². The molecule has 2 aromatic carbocycles. The number of aliphatic hydroxyl groups excluding tert-OH is 4. The van der Waals surface area contributed by atoms with Crippen LogP contribution in [0, 0.1) is 11.3 Å². The minimum absolute atomic E-state index is 0.477. The van der Waals surface area contributed by atoms with Crippen molar-refractivity contribution in [3.05, 3.63) is 81.2 Å². The Bertz CT molecular complexity index is 1120. The molecular formula is C24H22ClNO5S. The SMILES string of the molecule is N#Cc1ccc(-c2ccc(Cc3cc([C@@H]4O[C@H](CO)[C@@H](O)[C@H](O)[C@H]4O)ccc3Cl)s2)cc1. The van der Waals surface area contributed by atoms with Crippen molar-refractivity contribution in [3.8, 4) is 16.5 Å². The highest BCUT2D eigenvalue weighted by molar-refractivity contribution is 7.15. The van der Waals surface area contributed by atoms with Gasteiger partial charge in [0, 0.05) is 21.2 Å². The van der Waals surface area contributed by atoms with E-state index in [-0.39, 0.29) is 0 Å². The molecule has 1 aliphatic rings. The van der Waals surface area contributed by atoms with E-state index in [2.05, 4.69) is 6.07 Å². The van der Waals surface area contributed by atoms with Crippen LogP contribution in [0.25, 0.3) is 10.4 Å². The molecule has 1 aliphatic heterocycles. The third-order valence-corrected chi connectivity index (χ3v) is 7.12. The second kappa shape index (κ2) is 9.69. The lowest BCUT2D eigenvalue weighted by Crippen LogP contribution is -2.55. The molecule has 166 valence electrons. The standard InChI is InChI=1S/C24H22ClNO5S/c25-18-7-5-15(24-23(30)22(29)21(28)19(12-27)31-24)9-16(18)10-17-6-8-20(32-17)14-3-1-13(11-26)2-4-14/h1-9,19,21-24,27-30H,10,12H2/t19-,21-,22+,23-,24+/m1/s1. The van der Waals surface area contributed by atoms with E-state index in [0.29, 0.717) is 22.6 Å². The van der Waals surface area contributed by atoms with Gasteiger partial charge in [0.1, 0.15) is 30.5 Å². The molecule has 2 heterocycles. The molecule has 0 aliphatic carbocycles. The van der Waals surface area contributed by atoms with Crippen molar-refractivity contribution in [1.29, 1.82) is 5.26 Å². The minimum Gasteiger partial charge on any atom is -0.394 e. The number of nitrogens with zero attached hydrogens (tertiary/aromatic N) is 1. The van der Waals surface area contributed by atoms with Gasteiger partial charge in [0.25, 0.3) is 0 Å². The van der Waals surface area contributed by atoms with Crippen LogP contribution in [-0.2, 0) is 11.2 Å². The molecule has 3 aromatic rings. The van der Waals surface area contributed by atoms with Crippen molar-refractivity contribution in [2.24, 2.45) is 0 Å². The highest BCUT2D eigenvalue weighted by Gasteiger charge is 2.44. The monoisotopic (exact) mass is 471 g/mol. The Morgan fingerprint density at radius 3 is 2.41 bits per heavy atom. The number of ether oxygens (including phenoxy) is 1. The topological polar surface area (TPSA) is 114 Å². The number of nitriles is 1. The van der Waals surface area contributed by atoms with E-state index in [1.54, 1.807) is 35.6 Å². The third-order valence-electron chi connectivity index (χ3n) is 5.62. The molecule has 6 nitrogen and oxygen atoms in total. The first kappa shape index (κ1) is 22.9. The summed E-state index contributed by atoms with van der Waals surface area (Å²) in [6, 6.07) is 18.8. The van der Waals surface area contributed by atoms with Crippen molar-refractivity contribution in [1.82, 2.24) is 0 Å². The molecule has 4 rings (SSSR count). The maximum Gasteiger partial charge on any atom is 0.113 e. The summed E-state index contributed by atoms with van der Waals surface area (Å²) >= 11 is 8.05. The second-order valence-electron chi connectivity index (χ2n) is 7.73. The van der Waals surface area contributed by atoms with Gasteiger partial charge < -0.3 is 25.2 Å². The fourth-order valence-electron chi connectivity index (χ4n) is 3.81. The molecule has 8 heteroatoms. The molecule has 0 unspecified atom stereocenters. The molecule has 0 saturated carbocycles. The molecule has 4 N–H and O–H groups in total. The maximum atomic E-state index is 10.4. The van der Waals surface area contributed by atoms with E-state index in [4.69, 9.17) is 21.6 Å². The van der Waals surface area contributed by atoms with Gasteiger partial charge in [-0.25, -0.2) is 0 Å². The summed E-state index contributed by atoms with van der Waals surface area (Å²) in [6.45, 7) is -0.477. The highest BCUT2D eigenvalue weighted by Crippen LogP contribution is 2.35. The summed E-state index contributed by atoms with van der Waals surface area (Å²) in [5.74, 6) is 0. The van der Waals surface area contributed by atoms with E-state index >= 15 is 0 Å². The first-order chi connectivity index (χ1) is 15.4. The average molecular weight is 472 g/mol. The zero-order chi connectivity index (χ0) is 22.8. The molecule has 5 atom stereocenters. The fourth-order valence-corrected chi connectivity index (χ4v) is 5.03. The zero-order valence-electron chi connectivity index (χ0n) is 16.9. The Balaban J connectivity index is 1.56. The van der Waals surface area contributed by atoms with Crippen molar-refractivity contribution in [3.63, 3.8) is 0 Å². The Hall–Kier alpha value is -2.28. The number of rotatable bonds is 5. The molecule has 0 radical (unpaired) electrons. The summed E-state index contributed by atoms with van der Waals surface area (Å²) in [5, 5.41) is 49.5. The van der Waals surface area contributed by atoms with Crippen LogP contribution in [0.4, 0.5) is 0 Å². The number of benzene rings is 2. The lowest BCUT2D eigenvalue weighted by Gasteiger charge is -2.40. The van der Waals surface area contributed by atoms with Crippen LogP contribution < -0.4 is 0 Å². The van der Waals surface area contributed by atoms with Crippen molar-refractivity contribution in [2.75, 3.05) is 6.61 Å². The quantitative estimate of drug-likeness (QED) is 0.455. The van der Waals surface area contributed by atoms with E-state index in [9.17, 15) is 20.4 Å². The molecule has 1 fully saturated rings. The zero-order valence-corrected chi connectivity index (χ0v) is 18.5. The number of aliphatic hydroxyl groups is 4. The summed E-state index contributed by atoms with van der Waals surface area (Å²) in [5.41, 5.74) is 3.07. The van der Waals surface area contributed by atoms with Gasteiger partial charge in [0.15, 0.2) is 0 Å². The molecule has 1 saturated heterocycles. The molecule has 32 heavy (non-hydrogen) atoms. The van der Waals surface area contributed by atoms with Gasteiger partial charge >= 0.3 is 0 Å². The van der Waals surface area contributed by atoms with Crippen LogP contribution in [0.1, 0.15) is 27.7 Å². The van der Waals surface area contributed by atoms with Crippen molar-refractivity contribution in [2.45, 2.75) is 36.9 Å². The Labute approximate surface area is 194 Å². The van der Waals surface area contributed by atoms with Crippen LogP contribution in [0.2, 0.25) is 5.02 Å². The summed E-state index contributed by atoms with van der Waals surface area (Å²) in [7, 11) is 0. The molecule has 0 amide bonds. The first-order valence-corrected chi connectivity index (χ1v) is 11.3. The number of thiophene rings is 1. The van der Waals surface area contributed by atoms with Crippen LogP contribution >= 0.6 is 22.9 Å². The fraction of sp³-hybridized carbons (Fsp3) is 0.292. The summed E-state index contributed by atoms with van der Waals surface area (Å²) in [4.78, 5) is 2.16. The second-order valence-corrected chi connectivity index (χ2v) is 9.31. The Morgan fingerprint density at radius 2 is 1.72 bits per heavy atom. The largest absolute Gasteiger partial charge is 0.394 e. The number of hydrogen-bond acceptors (Lipinski definition) is 7. The maximum absolute atomic E-state index is 10.4. The van der Waals surface area contributed by atoms with Crippen LogP contribution in [-0.4, -0.2) is 51.4 Å². The third kappa shape index (κ3) is 4.58. The lowest BCUT2D eigenvalue weighted by molar-refractivity contribution is -0.231. The summed E-state index contributed by atoms with van der Waals surface area (Å²) in [6.07, 6.45) is -5.48. The smallest absolute Gasteiger partial charge is 0.113 e. The van der Waals surface area contributed by atoms with Gasteiger partial charge in [0.2, 0.25) is 0 Å². The average Bonchev–Trinajstić information content (AvgIpc) is 3.28. The van der Waals surface area contributed by atoms with Crippen LogP contribution in [0.5, 0.6) is 0 Å². The lowest BCUT2D eigenvalue weighted by atomic mass is 9.90. The van der Waals surface area contributed by atoms with Crippen LogP contribution in [0.15, 0.2) is 54.6 Å². The first-order valence-electron chi connectivity index (χ1n) is 10.1. The van der Waals surface area contributed by atoms with Crippen molar-refractivity contribution >= 4 is 22.9 Å².